The van der Waals surface area contributed by atoms with Gasteiger partial charge in [-0.25, -0.2) is 0 Å². The molecule has 0 aliphatic carbocycles. The van der Waals surface area contributed by atoms with Crippen LogP contribution in [-0.4, -0.2) is 34.7 Å². The summed E-state index contributed by atoms with van der Waals surface area (Å²) in [5, 5.41) is 11.0. The number of carbonyl (C=O) groups excluding carboxylic acids is 1. The van der Waals surface area contributed by atoms with Crippen LogP contribution in [0.3, 0.4) is 0 Å². The minimum atomic E-state index is -0.267. The van der Waals surface area contributed by atoms with Crippen LogP contribution in [0.2, 0.25) is 0 Å². The Morgan fingerprint density at radius 3 is 2.12 bits per heavy atom. The van der Waals surface area contributed by atoms with E-state index in [1.54, 1.807) is 0 Å². The quantitative estimate of drug-likeness (QED) is 0.482. The first kappa shape index (κ1) is 24.5. The topological polar surface area (TPSA) is 52.9 Å². The number of Topliss-reactive ketones (excluding diaryl/α,β-unsaturated/α-hetero) is 1. The molecule has 32 heavy (non-hydrogen) atoms. The van der Waals surface area contributed by atoms with Gasteiger partial charge in [-0.3, -0.25) is 4.79 Å². The average Bonchev–Trinajstić information content (AvgIpc) is 3.08. The minimum Gasteiger partial charge on any atom is -0.507 e. The summed E-state index contributed by atoms with van der Waals surface area (Å²) in [6, 6.07) is 14.2. The minimum absolute atomic E-state index is 0.0509. The molecule has 2 aromatic rings. The van der Waals surface area contributed by atoms with Gasteiger partial charge in [0.25, 0.3) is 0 Å². The summed E-state index contributed by atoms with van der Waals surface area (Å²) in [6.07, 6.45) is 1.89. The maximum atomic E-state index is 13.4. The number of hydrogen-bond acceptors (Lipinski definition) is 3. The van der Waals surface area contributed by atoms with Gasteiger partial charge in [0.1, 0.15) is 11.6 Å². The lowest BCUT2D eigenvalue weighted by atomic mass is 9.78. The first-order chi connectivity index (χ1) is 14.9. The molecule has 0 aromatic heterocycles. The molecule has 1 N–H and O–H groups in total. The van der Waals surface area contributed by atoms with Gasteiger partial charge in [0.2, 0.25) is 0 Å². The van der Waals surface area contributed by atoms with Crippen molar-refractivity contribution in [3.05, 3.63) is 64.7 Å². The first-order valence-corrected chi connectivity index (χ1v) is 12.0. The van der Waals surface area contributed by atoms with Gasteiger partial charge in [-0.15, -0.1) is 0 Å². The van der Waals surface area contributed by atoms with E-state index < -0.39 is 0 Å². The van der Waals surface area contributed by atoms with Gasteiger partial charge in [-0.1, -0.05) is 71.9 Å². The first-order valence-electron chi connectivity index (χ1n) is 11.3. The van der Waals surface area contributed by atoms with Crippen molar-refractivity contribution in [3.8, 4) is 5.75 Å². The van der Waals surface area contributed by atoms with Crippen LogP contribution < -0.4 is 0 Å². The summed E-state index contributed by atoms with van der Waals surface area (Å²) in [6.45, 7) is 13.5. The Kier molecular flexibility index (Phi) is 7.18. The number of phenolic OH excluding ortho intramolecular Hbond substituents is 1. The van der Waals surface area contributed by atoms with Crippen molar-refractivity contribution in [2.75, 3.05) is 13.1 Å². The third kappa shape index (κ3) is 5.43. The van der Waals surface area contributed by atoms with Gasteiger partial charge in [0.05, 0.1) is 22.7 Å². The molecular weight excluding hydrogens is 464 g/mol. The molecule has 1 unspecified atom stereocenters. The fourth-order valence-electron chi connectivity index (χ4n) is 4.39. The molecule has 0 radical (unpaired) electrons. The summed E-state index contributed by atoms with van der Waals surface area (Å²) in [5.74, 6) is 1.58. The van der Waals surface area contributed by atoms with Crippen LogP contribution in [-0.2, 0) is 17.3 Å². The number of rotatable bonds is 5. The fraction of sp³-hybridized carbons (Fsp3) is 0.481. The zero-order valence-corrected chi connectivity index (χ0v) is 21.7. The number of aromatic hydroxyl groups is 1. The summed E-state index contributed by atoms with van der Waals surface area (Å²) >= 11 is 3.30. The van der Waals surface area contributed by atoms with E-state index in [4.69, 9.17) is 0 Å². The fourth-order valence-corrected chi connectivity index (χ4v) is 4.91. The second-order valence-corrected chi connectivity index (χ2v) is 11.2. The Hall–Kier alpha value is -2.14. The third-order valence-electron chi connectivity index (χ3n) is 6.23. The van der Waals surface area contributed by atoms with E-state index in [1.165, 1.54) is 5.56 Å². The van der Waals surface area contributed by atoms with Crippen LogP contribution in [0.4, 0.5) is 0 Å². The van der Waals surface area contributed by atoms with Crippen molar-refractivity contribution < 1.29 is 9.90 Å². The van der Waals surface area contributed by atoms with Crippen molar-refractivity contribution in [1.29, 1.82) is 0 Å². The van der Waals surface area contributed by atoms with Crippen LogP contribution in [0.1, 0.15) is 75.0 Å². The summed E-state index contributed by atoms with van der Waals surface area (Å²) in [5.41, 5.74) is 3.02. The normalized spacial score (nSPS) is 18.4. The molecule has 0 saturated carbocycles. The van der Waals surface area contributed by atoms with Gasteiger partial charge in [0.15, 0.2) is 5.78 Å². The lowest BCUT2D eigenvalue weighted by Gasteiger charge is -2.28. The number of amidine groups is 1. The van der Waals surface area contributed by atoms with Crippen molar-refractivity contribution in [2.45, 2.75) is 65.2 Å². The number of likely N-dealkylation sites (tertiary alicyclic amines) is 1. The Bertz CT molecular complexity index is 966. The van der Waals surface area contributed by atoms with Crippen LogP contribution in [0.15, 0.2) is 46.5 Å². The maximum Gasteiger partial charge on any atom is 0.182 e. The van der Waals surface area contributed by atoms with E-state index in [2.05, 4.69) is 90.9 Å². The smallest absolute Gasteiger partial charge is 0.182 e. The van der Waals surface area contributed by atoms with Gasteiger partial charge in [-0.05, 0) is 41.4 Å². The monoisotopic (exact) mass is 498 g/mol. The number of ketones is 1. The van der Waals surface area contributed by atoms with E-state index in [-0.39, 0.29) is 23.2 Å². The molecular formula is C27H35BrN2O2. The second-order valence-electron chi connectivity index (χ2n) is 10.9. The molecule has 2 aromatic carbocycles. The molecule has 1 saturated heterocycles. The van der Waals surface area contributed by atoms with Crippen molar-refractivity contribution in [2.24, 2.45) is 9.94 Å². The number of carbonyl (C=O) groups is 1. The molecule has 0 amide bonds. The zero-order valence-electron chi connectivity index (χ0n) is 20.1. The highest BCUT2D eigenvalue weighted by Gasteiger charge is 2.32. The zero-order chi connectivity index (χ0) is 23.7. The molecule has 1 atom stereocenters. The highest BCUT2D eigenvalue weighted by Crippen LogP contribution is 2.40. The van der Waals surface area contributed by atoms with E-state index in [9.17, 15) is 9.90 Å². The molecule has 172 valence electrons. The molecule has 0 spiro atoms. The predicted molar refractivity (Wildman–Crippen MR) is 136 cm³/mol. The Balaban J connectivity index is 1.85. The van der Waals surface area contributed by atoms with E-state index in [0.29, 0.717) is 17.2 Å². The van der Waals surface area contributed by atoms with Crippen molar-refractivity contribution >= 4 is 27.8 Å². The Labute approximate surface area is 201 Å². The molecule has 1 fully saturated rings. The SMILES string of the molecule is CC(C)(C)c1cc(C(=O)CN2CCC(Cc3ccccc3)/C2=N/Br)cc(C(C)(C)C)c1O. The van der Waals surface area contributed by atoms with Crippen molar-refractivity contribution in [3.63, 3.8) is 0 Å². The lowest BCUT2D eigenvalue weighted by molar-refractivity contribution is 0.0966. The number of phenols is 1. The molecule has 1 aliphatic heterocycles. The highest BCUT2D eigenvalue weighted by atomic mass is 79.9. The van der Waals surface area contributed by atoms with Crippen LogP contribution >= 0.6 is 16.1 Å². The second kappa shape index (κ2) is 9.38. The van der Waals surface area contributed by atoms with E-state index in [1.807, 2.05) is 18.2 Å². The standard InChI is InChI=1S/C27H35BrN2O2/c1-26(2,3)21-15-20(16-22(24(21)32)27(4,5)6)23(31)17-30-13-12-19(25(30)29-28)14-18-10-8-7-9-11-18/h7-11,15-16,19,32H,12-14,17H2,1-6H3/b29-25-. The molecule has 0 bridgehead atoms. The largest absolute Gasteiger partial charge is 0.507 e. The summed E-state index contributed by atoms with van der Waals surface area (Å²) in [7, 11) is 0. The molecule has 3 rings (SSSR count). The molecule has 4 nitrogen and oxygen atoms in total. The van der Waals surface area contributed by atoms with Gasteiger partial charge < -0.3 is 10.0 Å². The lowest BCUT2D eigenvalue weighted by Crippen LogP contribution is -2.33. The van der Waals surface area contributed by atoms with E-state index in [0.717, 1.165) is 36.3 Å². The number of nitrogens with zero attached hydrogens (tertiary/aromatic N) is 2. The third-order valence-corrected chi connectivity index (χ3v) is 6.59. The Morgan fingerprint density at radius 2 is 1.62 bits per heavy atom. The van der Waals surface area contributed by atoms with Crippen LogP contribution in [0.25, 0.3) is 0 Å². The number of halogens is 1. The van der Waals surface area contributed by atoms with Crippen LogP contribution in [0.5, 0.6) is 5.75 Å². The highest BCUT2D eigenvalue weighted by molar-refractivity contribution is 9.08. The van der Waals surface area contributed by atoms with Crippen molar-refractivity contribution in [1.82, 2.24) is 4.90 Å². The number of benzene rings is 2. The Morgan fingerprint density at radius 1 is 1.06 bits per heavy atom. The molecule has 1 aliphatic rings. The molecule has 1 heterocycles. The molecule has 5 heteroatoms. The van der Waals surface area contributed by atoms with Gasteiger partial charge in [-0.2, -0.15) is 4.02 Å². The van der Waals surface area contributed by atoms with Gasteiger partial charge in [0, 0.05) is 29.2 Å². The number of hydrogen-bond donors (Lipinski definition) is 1. The maximum absolute atomic E-state index is 13.4. The summed E-state index contributed by atoms with van der Waals surface area (Å²) in [4.78, 5) is 15.5. The van der Waals surface area contributed by atoms with Crippen LogP contribution in [0, 0.1) is 5.92 Å². The average molecular weight is 499 g/mol. The van der Waals surface area contributed by atoms with Gasteiger partial charge >= 0.3 is 0 Å². The summed E-state index contributed by atoms with van der Waals surface area (Å²) < 4.78 is 4.38. The van der Waals surface area contributed by atoms with E-state index >= 15 is 0 Å². The predicted octanol–water partition coefficient (Wildman–Crippen LogP) is 6.44.